The summed E-state index contributed by atoms with van der Waals surface area (Å²) in [6.07, 6.45) is 2.78. The van der Waals surface area contributed by atoms with Gasteiger partial charge in [-0.05, 0) is 36.4 Å². The van der Waals surface area contributed by atoms with Crippen LogP contribution in [0.15, 0.2) is 53.7 Å². The van der Waals surface area contributed by atoms with Gasteiger partial charge in [-0.1, -0.05) is 11.6 Å². The van der Waals surface area contributed by atoms with Gasteiger partial charge < -0.3 is 4.98 Å². The molecule has 2 heterocycles. The zero-order chi connectivity index (χ0) is 18.0. The van der Waals surface area contributed by atoms with Gasteiger partial charge in [-0.2, -0.15) is 5.26 Å². The van der Waals surface area contributed by atoms with Crippen LogP contribution in [-0.4, -0.2) is 18.4 Å². The molecule has 0 saturated heterocycles. The summed E-state index contributed by atoms with van der Waals surface area (Å²) >= 11 is 6.04. The van der Waals surface area contributed by atoms with E-state index in [1.807, 2.05) is 0 Å². The Morgan fingerprint density at radius 2 is 2.08 bits per heavy atom. The first-order valence-electron chi connectivity index (χ1n) is 6.92. The van der Waals surface area contributed by atoms with Crippen LogP contribution in [0, 0.1) is 17.1 Å². The Balaban J connectivity index is 1.92. The zero-order valence-corrected chi connectivity index (χ0v) is 14.1. The first kappa shape index (κ1) is 17.0. The van der Waals surface area contributed by atoms with Crippen LogP contribution >= 0.6 is 11.6 Å². The summed E-state index contributed by atoms with van der Waals surface area (Å²) in [5, 5.41) is 9.08. The summed E-state index contributed by atoms with van der Waals surface area (Å²) in [5.41, 5.74) is 0.647. The molecule has 0 spiro atoms. The van der Waals surface area contributed by atoms with Crippen molar-refractivity contribution in [2.24, 2.45) is 0 Å². The van der Waals surface area contributed by atoms with Crippen molar-refractivity contribution in [3.8, 4) is 17.5 Å². The number of benzene rings is 1. The normalized spacial score (nSPS) is 11.1. The summed E-state index contributed by atoms with van der Waals surface area (Å²) in [6, 6.07) is 9.86. The number of nitrogens with one attached hydrogen (secondary N) is 2. The lowest BCUT2D eigenvalue weighted by Gasteiger charge is -2.07. The van der Waals surface area contributed by atoms with Crippen LogP contribution in [0.5, 0.6) is 0 Å². The molecule has 6 nitrogen and oxygen atoms in total. The lowest BCUT2D eigenvalue weighted by molar-refractivity contribution is 0.598. The van der Waals surface area contributed by atoms with Gasteiger partial charge in [0, 0.05) is 12.4 Å². The fourth-order valence-corrected chi connectivity index (χ4v) is 3.40. The van der Waals surface area contributed by atoms with E-state index in [1.54, 1.807) is 18.2 Å². The maximum absolute atomic E-state index is 13.9. The van der Waals surface area contributed by atoms with Gasteiger partial charge in [-0.25, -0.2) is 12.8 Å². The van der Waals surface area contributed by atoms with Crippen molar-refractivity contribution < 1.29 is 12.8 Å². The molecule has 126 valence electrons. The molecule has 0 unspecified atom stereocenters. The van der Waals surface area contributed by atoms with E-state index < -0.39 is 15.8 Å². The third-order valence-corrected chi connectivity index (χ3v) is 4.97. The van der Waals surface area contributed by atoms with Gasteiger partial charge in [0.2, 0.25) is 0 Å². The van der Waals surface area contributed by atoms with Crippen LogP contribution in [0.25, 0.3) is 11.4 Å². The minimum Gasteiger partial charge on any atom is -0.359 e. The van der Waals surface area contributed by atoms with Crippen molar-refractivity contribution in [1.82, 2.24) is 9.97 Å². The molecule has 25 heavy (non-hydrogen) atoms. The topological polar surface area (TPSA) is 98.6 Å². The lowest BCUT2D eigenvalue weighted by atomic mass is 10.2. The number of H-pyrrole nitrogens is 1. The maximum Gasteiger partial charge on any atom is 0.263 e. The molecule has 1 aromatic carbocycles. The molecule has 0 aliphatic carbocycles. The van der Waals surface area contributed by atoms with Crippen LogP contribution < -0.4 is 4.72 Å². The van der Waals surface area contributed by atoms with Gasteiger partial charge in [0.05, 0.1) is 28.0 Å². The van der Waals surface area contributed by atoms with Gasteiger partial charge >= 0.3 is 0 Å². The average molecular weight is 377 g/mol. The number of sulfonamides is 1. The summed E-state index contributed by atoms with van der Waals surface area (Å²) in [5.74, 6) is -0.842. The number of hydrogen-bond acceptors (Lipinski definition) is 4. The number of halogens is 2. The molecule has 0 fully saturated rings. The molecular weight excluding hydrogens is 367 g/mol. The van der Waals surface area contributed by atoms with Gasteiger partial charge in [0.25, 0.3) is 10.0 Å². The summed E-state index contributed by atoms with van der Waals surface area (Å²) in [4.78, 5) is 6.77. The molecule has 0 saturated carbocycles. The first-order valence-corrected chi connectivity index (χ1v) is 8.78. The highest BCUT2D eigenvalue weighted by Gasteiger charge is 2.19. The fraction of sp³-hybridized carbons (Fsp3) is 0. The van der Waals surface area contributed by atoms with Gasteiger partial charge in [0.15, 0.2) is 0 Å². The Morgan fingerprint density at radius 3 is 2.76 bits per heavy atom. The van der Waals surface area contributed by atoms with E-state index in [0.717, 1.165) is 6.07 Å². The van der Waals surface area contributed by atoms with Gasteiger partial charge in [-0.15, -0.1) is 0 Å². The predicted octanol–water partition coefficient (Wildman–Crippen LogP) is 3.54. The van der Waals surface area contributed by atoms with Crippen molar-refractivity contribution in [1.29, 1.82) is 5.26 Å². The number of pyridine rings is 1. The Bertz CT molecular complexity index is 1090. The summed E-state index contributed by atoms with van der Waals surface area (Å²) in [6.45, 7) is 0. The van der Waals surface area contributed by atoms with Crippen LogP contribution in [-0.2, 0) is 10.0 Å². The smallest absolute Gasteiger partial charge is 0.263 e. The summed E-state index contributed by atoms with van der Waals surface area (Å²) < 4.78 is 40.9. The van der Waals surface area contributed by atoms with E-state index in [2.05, 4.69) is 14.7 Å². The summed E-state index contributed by atoms with van der Waals surface area (Å²) in [7, 11) is -4.03. The molecule has 0 aliphatic rings. The minimum absolute atomic E-state index is 0.0918. The second kappa shape index (κ2) is 6.55. The van der Waals surface area contributed by atoms with Crippen LogP contribution in [0.4, 0.5) is 10.1 Å². The SMILES string of the molecule is N#Cc1ccc(NS(=O)(=O)c2c[nH]c(-c3ncccc3Cl)c2)c(F)c1. The Kier molecular flexibility index (Phi) is 4.44. The molecule has 3 rings (SSSR count). The molecule has 0 amide bonds. The number of aromatic nitrogens is 2. The van der Waals surface area contributed by atoms with E-state index in [1.165, 1.54) is 30.6 Å². The molecule has 0 bridgehead atoms. The minimum atomic E-state index is -4.03. The number of hydrogen-bond donors (Lipinski definition) is 2. The van der Waals surface area contributed by atoms with Crippen molar-refractivity contribution in [2.75, 3.05) is 4.72 Å². The molecule has 9 heteroatoms. The highest BCUT2D eigenvalue weighted by molar-refractivity contribution is 7.92. The fourth-order valence-electron chi connectivity index (χ4n) is 2.12. The lowest BCUT2D eigenvalue weighted by Crippen LogP contribution is -2.13. The van der Waals surface area contributed by atoms with Crippen molar-refractivity contribution in [3.05, 3.63) is 65.2 Å². The van der Waals surface area contributed by atoms with E-state index in [9.17, 15) is 12.8 Å². The molecule has 2 N–H and O–H groups in total. The second-order valence-electron chi connectivity index (χ2n) is 4.99. The molecule has 3 aromatic rings. The van der Waals surface area contributed by atoms with E-state index in [-0.39, 0.29) is 16.1 Å². The number of aromatic amines is 1. The van der Waals surface area contributed by atoms with Gasteiger partial charge in [0.1, 0.15) is 16.4 Å². The largest absolute Gasteiger partial charge is 0.359 e. The van der Waals surface area contributed by atoms with Crippen LogP contribution in [0.1, 0.15) is 5.56 Å². The third kappa shape index (κ3) is 3.47. The molecular formula is C16H10ClFN4O2S. The zero-order valence-electron chi connectivity index (χ0n) is 12.5. The Hall–Kier alpha value is -2.89. The van der Waals surface area contributed by atoms with Crippen molar-refractivity contribution >= 4 is 27.3 Å². The number of nitriles is 1. The molecule has 0 aliphatic heterocycles. The van der Waals surface area contributed by atoms with E-state index >= 15 is 0 Å². The third-order valence-electron chi connectivity index (χ3n) is 3.32. The van der Waals surface area contributed by atoms with Crippen molar-refractivity contribution in [2.45, 2.75) is 4.90 Å². The van der Waals surface area contributed by atoms with Crippen molar-refractivity contribution in [3.63, 3.8) is 0 Å². The van der Waals surface area contributed by atoms with E-state index in [4.69, 9.17) is 16.9 Å². The molecule has 0 radical (unpaired) electrons. The number of anilines is 1. The number of rotatable bonds is 4. The Labute approximate surface area is 148 Å². The number of nitrogens with zero attached hydrogens (tertiary/aromatic N) is 2. The molecule has 0 atom stereocenters. The highest BCUT2D eigenvalue weighted by Crippen LogP contribution is 2.27. The first-order chi connectivity index (χ1) is 11.9. The predicted molar refractivity (Wildman–Crippen MR) is 91.0 cm³/mol. The quantitative estimate of drug-likeness (QED) is 0.727. The molecule has 2 aromatic heterocycles. The average Bonchev–Trinajstić information content (AvgIpc) is 3.08. The van der Waals surface area contributed by atoms with Crippen LogP contribution in [0.3, 0.4) is 0 Å². The standard InChI is InChI=1S/C16H10ClFN4O2S/c17-12-2-1-5-20-16(12)15-7-11(9-21-15)25(23,24)22-14-4-3-10(8-19)6-13(14)18/h1-7,9,21-22H. The monoisotopic (exact) mass is 376 g/mol. The highest BCUT2D eigenvalue weighted by atomic mass is 35.5. The second-order valence-corrected chi connectivity index (χ2v) is 7.08. The van der Waals surface area contributed by atoms with Crippen LogP contribution in [0.2, 0.25) is 5.02 Å². The maximum atomic E-state index is 13.9. The Morgan fingerprint density at radius 1 is 1.28 bits per heavy atom. The van der Waals surface area contributed by atoms with E-state index in [0.29, 0.717) is 16.4 Å². The van der Waals surface area contributed by atoms with Gasteiger partial charge in [-0.3, -0.25) is 9.71 Å².